The number of rotatable bonds is 7. The minimum atomic E-state index is -0.926. The van der Waals surface area contributed by atoms with Crippen molar-refractivity contribution < 1.29 is 19.1 Å². The molecule has 0 aliphatic rings. The maximum atomic E-state index is 12.3. The number of hydrogen-bond acceptors (Lipinski definition) is 5. The van der Waals surface area contributed by atoms with E-state index in [2.05, 4.69) is 10.6 Å². The van der Waals surface area contributed by atoms with E-state index in [0.717, 1.165) is 5.56 Å². The van der Waals surface area contributed by atoms with E-state index >= 15 is 0 Å². The highest BCUT2D eigenvalue weighted by Crippen LogP contribution is 2.15. The molecule has 0 aliphatic carbocycles. The number of anilines is 1. The van der Waals surface area contributed by atoms with Gasteiger partial charge in [0.25, 0.3) is 11.8 Å². The van der Waals surface area contributed by atoms with Crippen LogP contribution >= 0.6 is 11.3 Å². The Hall–Kier alpha value is -3.45. The van der Waals surface area contributed by atoms with Crippen LogP contribution in [0.1, 0.15) is 32.5 Å². The number of benzene rings is 2. The predicted molar refractivity (Wildman–Crippen MR) is 112 cm³/mol. The minimum Gasteiger partial charge on any atom is -0.449 e. The number of hydrogen-bond donors (Lipinski definition) is 2. The summed E-state index contributed by atoms with van der Waals surface area (Å²) in [4.78, 5) is 37.0. The van der Waals surface area contributed by atoms with Gasteiger partial charge in [-0.2, -0.15) is 0 Å². The molecule has 1 heterocycles. The molecule has 1 atom stereocenters. The average Bonchev–Trinajstić information content (AvgIpc) is 3.28. The number of ether oxygens (including phenoxy) is 1. The van der Waals surface area contributed by atoms with Crippen molar-refractivity contribution in [3.8, 4) is 0 Å². The maximum absolute atomic E-state index is 12.3. The summed E-state index contributed by atoms with van der Waals surface area (Å²) in [6.07, 6.45) is -0.926. The summed E-state index contributed by atoms with van der Waals surface area (Å²) >= 11 is 1.35. The Morgan fingerprint density at radius 2 is 1.69 bits per heavy atom. The van der Waals surface area contributed by atoms with Crippen molar-refractivity contribution in [3.63, 3.8) is 0 Å². The fourth-order valence-corrected chi connectivity index (χ4v) is 3.12. The van der Waals surface area contributed by atoms with E-state index in [1.54, 1.807) is 36.4 Å². The normalized spacial score (nSPS) is 11.3. The molecule has 0 aliphatic heterocycles. The molecule has 3 rings (SSSR count). The van der Waals surface area contributed by atoms with Gasteiger partial charge < -0.3 is 15.4 Å². The number of nitrogens with one attached hydrogen (secondary N) is 2. The van der Waals surface area contributed by atoms with Gasteiger partial charge >= 0.3 is 5.97 Å². The molecule has 1 aromatic heterocycles. The van der Waals surface area contributed by atoms with Crippen LogP contribution in [0.25, 0.3) is 0 Å². The topological polar surface area (TPSA) is 84.5 Å². The van der Waals surface area contributed by atoms with Gasteiger partial charge in [0, 0.05) is 12.2 Å². The predicted octanol–water partition coefficient (Wildman–Crippen LogP) is 3.86. The highest BCUT2D eigenvalue weighted by molar-refractivity contribution is 7.12. The molecule has 6 nitrogen and oxygen atoms in total. The van der Waals surface area contributed by atoms with Crippen molar-refractivity contribution in [2.45, 2.75) is 19.6 Å². The fourth-order valence-electron chi connectivity index (χ4n) is 2.50. The Labute approximate surface area is 172 Å². The lowest BCUT2D eigenvalue weighted by molar-refractivity contribution is -0.129. The van der Waals surface area contributed by atoms with Crippen molar-refractivity contribution in [2.24, 2.45) is 0 Å². The van der Waals surface area contributed by atoms with E-state index in [9.17, 15) is 14.4 Å². The lowest BCUT2D eigenvalue weighted by Gasteiger charge is -2.14. The molecule has 0 unspecified atom stereocenters. The molecule has 7 heteroatoms. The van der Waals surface area contributed by atoms with E-state index in [0.29, 0.717) is 22.7 Å². The number of thiophene rings is 1. The first-order valence-electron chi connectivity index (χ1n) is 9.00. The van der Waals surface area contributed by atoms with Crippen LogP contribution in [0.5, 0.6) is 0 Å². The van der Waals surface area contributed by atoms with Crippen molar-refractivity contribution in [1.29, 1.82) is 0 Å². The quantitative estimate of drug-likeness (QED) is 0.582. The smallest absolute Gasteiger partial charge is 0.338 e. The zero-order valence-electron chi connectivity index (χ0n) is 15.8. The summed E-state index contributed by atoms with van der Waals surface area (Å²) in [5.41, 5.74) is 1.81. The summed E-state index contributed by atoms with van der Waals surface area (Å²) in [6, 6.07) is 19.3. The van der Waals surface area contributed by atoms with Crippen LogP contribution in [0.15, 0.2) is 72.1 Å². The zero-order valence-corrected chi connectivity index (χ0v) is 16.6. The largest absolute Gasteiger partial charge is 0.449 e. The van der Waals surface area contributed by atoms with E-state index < -0.39 is 12.1 Å². The average molecular weight is 408 g/mol. The fraction of sp³-hybridized carbons (Fsp3) is 0.136. The molecule has 29 heavy (non-hydrogen) atoms. The minimum absolute atomic E-state index is 0.209. The lowest BCUT2D eigenvalue weighted by atomic mass is 10.2. The SMILES string of the molecule is C[C@@H](OC(=O)c1ccc(NC(=O)c2cccs2)cc1)C(=O)NCc1ccccc1. The molecule has 0 saturated carbocycles. The molecule has 2 N–H and O–H groups in total. The van der Waals surface area contributed by atoms with Crippen LogP contribution in [0.2, 0.25) is 0 Å². The van der Waals surface area contributed by atoms with Gasteiger partial charge in [0.05, 0.1) is 10.4 Å². The van der Waals surface area contributed by atoms with Gasteiger partial charge in [0.2, 0.25) is 0 Å². The molecule has 2 amide bonds. The van der Waals surface area contributed by atoms with Crippen molar-refractivity contribution in [1.82, 2.24) is 5.32 Å². The van der Waals surface area contributed by atoms with Crippen LogP contribution in [0.3, 0.4) is 0 Å². The molecule has 2 aromatic carbocycles. The number of carbonyl (C=O) groups excluding carboxylic acids is 3. The van der Waals surface area contributed by atoms with Gasteiger partial charge in [-0.25, -0.2) is 4.79 Å². The Kier molecular flexibility index (Phi) is 6.76. The number of carbonyl (C=O) groups is 3. The van der Waals surface area contributed by atoms with Crippen LogP contribution in [-0.2, 0) is 16.1 Å². The van der Waals surface area contributed by atoms with E-state index in [4.69, 9.17) is 4.74 Å². The molecule has 0 radical (unpaired) electrons. The first-order chi connectivity index (χ1) is 14.0. The third kappa shape index (κ3) is 5.76. The standard InChI is InChI=1S/C22H20N2O4S/c1-15(20(25)23-14-16-6-3-2-4-7-16)28-22(27)17-9-11-18(12-10-17)24-21(26)19-8-5-13-29-19/h2-13,15H,14H2,1H3,(H,23,25)(H,24,26)/t15-/m1/s1. The number of amides is 2. The van der Waals surface area contributed by atoms with Gasteiger partial charge in [-0.3, -0.25) is 9.59 Å². The maximum Gasteiger partial charge on any atom is 0.338 e. The molecule has 0 spiro atoms. The third-order valence-corrected chi connectivity index (χ3v) is 4.95. The first-order valence-corrected chi connectivity index (χ1v) is 9.88. The zero-order chi connectivity index (χ0) is 20.6. The van der Waals surface area contributed by atoms with E-state index in [1.165, 1.54) is 18.3 Å². The summed E-state index contributed by atoms with van der Waals surface area (Å²) in [5, 5.41) is 7.32. The summed E-state index contributed by atoms with van der Waals surface area (Å²) in [7, 11) is 0. The highest BCUT2D eigenvalue weighted by atomic mass is 32.1. The second kappa shape index (κ2) is 9.66. The Morgan fingerprint density at radius 3 is 2.34 bits per heavy atom. The van der Waals surface area contributed by atoms with Crippen LogP contribution < -0.4 is 10.6 Å². The molecule has 148 valence electrons. The summed E-state index contributed by atoms with van der Waals surface area (Å²) in [6.45, 7) is 1.88. The molecular formula is C22H20N2O4S. The summed E-state index contributed by atoms with van der Waals surface area (Å²) in [5.74, 6) is -1.19. The van der Waals surface area contributed by atoms with Crippen molar-refractivity contribution in [3.05, 3.63) is 88.1 Å². The molecular weight excluding hydrogens is 388 g/mol. The first kappa shape index (κ1) is 20.3. The Balaban J connectivity index is 1.50. The lowest BCUT2D eigenvalue weighted by Crippen LogP contribution is -2.35. The van der Waals surface area contributed by atoms with Crippen molar-refractivity contribution in [2.75, 3.05) is 5.32 Å². The van der Waals surface area contributed by atoms with Crippen LogP contribution in [0, 0.1) is 0 Å². The Bertz CT molecular complexity index is 970. The molecule has 0 bridgehead atoms. The molecule has 3 aromatic rings. The number of esters is 1. The second-order valence-corrected chi connectivity index (χ2v) is 7.21. The van der Waals surface area contributed by atoms with Crippen molar-refractivity contribution >= 4 is 34.8 Å². The van der Waals surface area contributed by atoms with E-state index in [1.807, 2.05) is 35.7 Å². The van der Waals surface area contributed by atoms with Gasteiger partial charge in [-0.15, -0.1) is 11.3 Å². The van der Waals surface area contributed by atoms with Crippen LogP contribution in [-0.4, -0.2) is 23.9 Å². The third-order valence-electron chi connectivity index (χ3n) is 4.09. The van der Waals surface area contributed by atoms with Gasteiger partial charge in [0.15, 0.2) is 6.10 Å². The monoisotopic (exact) mass is 408 g/mol. The van der Waals surface area contributed by atoms with E-state index in [-0.39, 0.29) is 11.8 Å². The highest BCUT2D eigenvalue weighted by Gasteiger charge is 2.18. The Morgan fingerprint density at radius 1 is 0.966 bits per heavy atom. The molecule has 0 saturated heterocycles. The van der Waals surface area contributed by atoms with Gasteiger partial charge in [0.1, 0.15) is 0 Å². The second-order valence-electron chi connectivity index (χ2n) is 6.26. The van der Waals surface area contributed by atoms with Gasteiger partial charge in [-0.05, 0) is 48.2 Å². The molecule has 0 fully saturated rings. The van der Waals surface area contributed by atoms with Gasteiger partial charge in [-0.1, -0.05) is 36.4 Å². The summed E-state index contributed by atoms with van der Waals surface area (Å²) < 4.78 is 5.23. The van der Waals surface area contributed by atoms with Crippen LogP contribution in [0.4, 0.5) is 5.69 Å².